The molecule has 1 aromatic heterocycles. The van der Waals surface area contributed by atoms with Crippen molar-refractivity contribution >= 4 is 33.9 Å². The number of epoxide rings is 1. The summed E-state index contributed by atoms with van der Waals surface area (Å²) in [5.74, 6) is -0.833. The van der Waals surface area contributed by atoms with Gasteiger partial charge in [-0.1, -0.05) is 0 Å². The van der Waals surface area contributed by atoms with Crippen LogP contribution in [-0.2, 0) is 25.4 Å². The van der Waals surface area contributed by atoms with Crippen molar-refractivity contribution in [3.8, 4) is 17.2 Å². The number of ketones is 1. The molecule has 2 aromatic carbocycles. The SMILES string of the molecule is COc1c2c(c(O)c3c4c(c(C)cc13)C1OC3(COC(=S)n5ccnc5)OC1[C@@](CO)(O4)[C@@]31CO1)C(=O)CCC2. The second-order valence-electron chi connectivity index (χ2n) is 11.0. The predicted molar refractivity (Wildman–Crippen MR) is 141 cm³/mol. The number of benzene rings is 2. The molecule has 208 valence electrons. The maximum absolute atomic E-state index is 13.0. The fourth-order valence-electron chi connectivity index (χ4n) is 7.29. The van der Waals surface area contributed by atoms with Crippen LogP contribution in [0.1, 0.15) is 46.0 Å². The van der Waals surface area contributed by atoms with Crippen LogP contribution >= 0.6 is 12.2 Å². The minimum absolute atomic E-state index is 0.106. The van der Waals surface area contributed by atoms with Crippen molar-refractivity contribution in [2.24, 2.45) is 0 Å². The topological polar surface area (TPSA) is 134 Å². The summed E-state index contributed by atoms with van der Waals surface area (Å²) < 4.78 is 39.2. The van der Waals surface area contributed by atoms with Gasteiger partial charge in [0, 0.05) is 35.3 Å². The van der Waals surface area contributed by atoms with E-state index in [9.17, 15) is 15.0 Å². The molecule has 40 heavy (non-hydrogen) atoms. The molecule has 3 fully saturated rings. The number of phenols is 1. The summed E-state index contributed by atoms with van der Waals surface area (Å²) in [6.45, 7) is 1.57. The van der Waals surface area contributed by atoms with Gasteiger partial charge in [-0.05, 0) is 43.6 Å². The number of carbonyl (C=O) groups is 1. The van der Waals surface area contributed by atoms with Crippen LogP contribution in [0, 0.1) is 6.92 Å². The number of carbonyl (C=O) groups excluding carboxylic acids is 1. The first-order valence-electron chi connectivity index (χ1n) is 13.2. The van der Waals surface area contributed by atoms with E-state index >= 15 is 0 Å². The zero-order chi connectivity index (χ0) is 27.6. The first-order valence-corrected chi connectivity index (χ1v) is 13.6. The van der Waals surface area contributed by atoms with Crippen LogP contribution in [0.4, 0.5) is 0 Å². The molecule has 0 saturated carbocycles. The standard InChI is InChI=1S/C28H26N2O9S/c1-13-8-15-19(20(33)18-14(21(15)34-2)4-3-5-16(18)32)22-17(13)23-24-26(9-31,37-22)27(10-36-27)28(38-23,39-24)11-35-25(40)30-7-6-29-12-30/h6-8,12,23-24,31,33H,3-5,9-11H2,1-2H3/t23?,24?,26-,27+,28?/m1/s1. The summed E-state index contributed by atoms with van der Waals surface area (Å²) in [7, 11) is 1.56. The van der Waals surface area contributed by atoms with Gasteiger partial charge in [0.25, 0.3) is 5.17 Å². The molecule has 12 heteroatoms. The number of aliphatic hydroxyl groups is 1. The quantitative estimate of drug-likeness (QED) is 0.356. The number of fused-ring (bicyclic) bond motifs is 8. The monoisotopic (exact) mass is 566 g/mol. The molecule has 5 heterocycles. The van der Waals surface area contributed by atoms with Gasteiger partial charge < -0.3 is 38.6 Å². The number of rotatable bonds is 4. The Kier molecular flexibility index (Phi) is 4.85. The molecular weight excluding hydrogens is 540 g/mol. The number of Topliss-reactive ketones (excluding diaryl/α,β-unsaturated/α-hetero) is 1. The van der Waals surface area contributed by atoms with Crippen molar-refractivity contribution in [3.05, 3.63) is 47.0 Å². The fraction of sp³-hybridized carbons (Fsp3) is 0.464. The summed E-state index contributed by atoms with van der Waals surface area (Å²) in [6, 6.07) is 1.91. The van der Waals surface area contributed by atoms with Crippen LogP contribution in [0.25, 0.3) is 10.8 Å². The largest absolute Gasteiger partial charge is 0.506 e. The number of methoxy groups -OCH3 is 1. The van der Waals surface area contributed by atoms with E-state index in [1.165, 1.54) is 6.33 Å². The number of phenolic OH excluding ortho intramolecular Hbond substituents is 1. The highest BCUT2D eigenvalue weighted by Gasteiger charge is 2.90. The number of nitrogens with zero attached hydrogens (tertiary/aromatic N) is 2. The van der Waals surface area contributed by atoms with Crippen molar-refractivity contribution < 1.29 is 43.4 Å². The summed E-state index contributed by atoms with van der Waals surface area (Å²) in [5.41, 5.74) is -0.0933. The smallest absolute Gasteiger partial charge is 0.269 e. The zero-order valence-corrected chi connectivity index (χ0v) is 22.6. The molecule has 3 unspecified atom stereocenters. The Hall–Kier alpha value is -3.29. The molecule has 0 amide bonds. The molecule has 1 spiro atoms. The molecule has 5 aliphatic rings. The first-order chi connectivity index (χ1) is 19.3. The van der Waals surface area contributed by atoms with Gasteiger partial charge >= 0.3 is 0 Å². The van der Waals surface area contributed by atoms with Gasteiger partial charge in [0.2, 0.25) is 5.79 Å². The Labute approximate surface area is 233 Å². The van der Waals surface area contributed by atoms with Crippen LogP contribution in [0.2, 0.25) is 0 Å². The van der Waals surface area contributed by atoms with Crippen LogP contribution < -0.4 is 9.47 Å². The third kappa shape index (κ3) is 2.71. The van der Waals surface area contributed by atoms with E-state index in [1.807, 2.05) is 13.0 Å². The van der Waals surface area contributed by atoms with Gasteiger partial charge in [0.15, 0.2) is 17.0 Å². The van der Waals surface area contributed by atoms with Crippen molar-refractivity contribution in [1.82, 2.24) is 9.55 Å². The molecule has 0 radical (unpaired) electrons. The number of hydrogen-bond acceptors (Lipinski definition) is 11. The average molecular weight is 567 g/mol. The van der Waals surface area contributed by atoms with Crippen molar-refractivity contribution in [3.63, 3.8) is 0 Å². The van der Waals surface area contributed by atoms with E-state index in [0.29, 0.717) is 52.7 Å². The average Bonchev–Trinajstić information content (AvgIpc) is 3.31. The number of hydrogen-bond donors (Lipinski definition) is 2. The third-order valence-electron chi connectivity index (χ3n) is 9.14. The number of aliphatic hydroxyl groups excluding tert-OH is 1. The van der Waals surface area contributed by atoms with Crippen molar-refractivity contribution in [2.45, 2.75) is 55.4 Å². The lowest BCUT2D eigenvalue weighted by Crippen LogP contribution is -2.69. The number of aromatic hydroxyl groups is 1. The highest BCUT2D eigenvalue weighted by molar-refractivity contribution is 7.80. The van der Waals surface area contributed by atoms with Gasteiger partial charge in [-0.15, -0.1) is 0 Å². The van der Waals surface area contributed by atoms with Crippen LogP contribution in [-0.4, -0.2) is 80.7 Å². The summed E-state index contributed by atoms with van der Waals surface area (Å²) in [4.78, 5) is 17.0. The maximum Gasteiger partial charge on any atom is 0.269 e. The Morgan fingerprint density at radius 2 is 2.15 bits per heavy atom. The zero-order valence-electron chi connectivity index (χ0n) is 21.8. The first kappa shape index (κ1) is 24.5. The number of thiocarbonyl (C=S) groups is 1. The van der Waals surface area contributed by atoms with Gasteiger partial charge in [-0.3, -0.25) is 9.36 Å². The number of ether oxygens (including phenoxy) is 6. The number of imidazole rings is 1. The Bertz CT molecular complexity index is 1630. The van der Waals surface area contributed by atoms with Crippen molar-refractivity contribution in [1.29, 1.82) is 0 Å². The molecule has 3 aromatic rings. The van der Waals surface area contributed by atoms with E-state index in [2.05, 4.69) is 4.98 Å². The minimum atomic E-state index is -1.40. The fourth-order valence-corrected chi connectivity index (χ4v) is 7.46. The second kappa shape index (κ2) is 7.92. The van der Waals surface area contributed by atoms with Crippen LogP contribution in [0.5, 0.6) is 17.2 Å². The Balaban J connectivity index is 1.30. The molecule has 4 aliphatic heterocycles. The molecule has 11 nitrogen and oxygen atoms in total. The number of aryl methyl sites for hydroxylation is 1. The normalized spacial score (nSPS) is 32.6. The van der Waals surface area contributed by atoms with Gasteiger partial charge in [-0.2, -0.15) is 0 Å². The van der Waals surface area contributed by atoms with Crippen molar-refractivity contribution in [2.75, 3.05) is 26.9 Å². The van der Waals surface area contributed by atoms with E-state index in [4.69, 9.17) is 40.6 Å². The predicted octanol–water partition coefficient (Wildman–Crippen LogP) is 2.49. The van der Waals surface area contributed by atoms with Gasteiger partial charge in [0.05, 0.1) is 31.3 Å². The summed E-state index contributed by atoms with van der Waals surface area (Å²) in [6.07, 6.45) is 5.03. The van der Waals surface area contributed by atoms with E-state index in [-0.39, 0.29) is 35.5 Å². The summed E-state index contributed by atoms with van der Waals surface area (Å²) in [5, 5.41) is 23.6. The van der Waals surface area contributed by atoms with E-state index in [1.54, 1.807) is 24.1 Å². The molecular formula is C28H26N2O9S. The lowest BCUT2D eigenvalue weighted by atomic mass is 9.72. The van der Waals surface area contributed by atoms with E-state index in [0.717, 1.165) is 5.56 Å². The molecule has 3 saturated heterocycles. The lowest BCUT2D eigenvalue weighted by molar-refractivity contribution is -0.240. The number of aromatic nitrogens is 2. The highest BCUT2D eigenvalue weighted by Crippen LogP contribution is 2.70. The second-order valence-corrected chi connectivity index (χ2v) is 11.3. The third-order valence-corrected chi connectivity index (χ3v) is 9.47. The van der Waals surface area contributed by atoms with Gasteiger partial charge in [-0.25, -0.2) is 4.98 Å². The molecule has 1 aliphatic carbocycles. The molecule has 5 atom stereocenters. The maximum atomic E-state index is 13.0. The lowest BCUT2D eigenvalue weighted by Gasteiger charge is -2.48. The van der Waals surface area contributed by atoms with Crippen LogP contribution in [0.15, 0.2) is 24.8 Å². The summed E-state index contributed by atoms with van der Waals surface area (Å²) >= 11 is 5.41. The molecule has 2 bridgehead atoms. The minimum Gasteiger partial charge on any atom is -0.506 e. The molecule has 2 N–H and O–H groups in total. The van der Waals surface area contributed by atoms with Crippen LogP contribution in [0.3, 0.4) is 0 Å². The highest BCUT2D eigenvalue weighted by atomic mass is 32.1. The Morgan fingerprint density at radius 1 is 1.32 bits per heavy atom. The van der Waals surface area contributed by atoms with E-state index < -0.39 is 35.8 Å². The van der Waals surface area contributed by atoms with Gasteiger partial charge in [0.1, 0.15) is 42.4 Å². The Morgan fingerprint density at radius 3 is 2.85 bits per heavy atom. The molecule has 8 rings (SSSR count).